The van der Waals surface area contributed by atoms with Crippen molar-refractivity contribution in [1.29, 1.82) is 5.26 Å². The molecule has 1 N–H and O–H groups in total. The number of rotatable bonds is 3. The first-order chi connectivity index (χ1) is 7.79. The smallest absolute Gasteiger partial charge is 0.144 e. The molecule has 2 rings (SSSR count). The fourth-order valence-corrected chi connectivity index (χ4v) is 1.84. The summed E-state index contributed by atoms with van der Waals surface area (Å²) in [6, 6.07) is 5.71. The van der Waals surface area contributed by atoms with E-state index >= 15 is 0 Å². The maximum absolute atomic E-state index is 8.92. The lowest BCUT2D eigenvalue weighted by Gasteiger charge is -2.06. The highest BCUT2D eigenvalue weighted by atomic mass is 32.1. The largest absolute Gasteiger partial charge is 0.363 e. The molecule has 2 aromatic heterocycles. The van der Waals surface area contributed by atoms with Gasteiger partial charge < -0.3 is 5.32 Å². The molecule has 0 bridgehead atoms. The van der Waals surface area contributed by atoms with Gasteiger partial charge in [-0.1, -0.05) is 0 Å². The van der Waals surface area contributed by atoms with Crippen molar-refractivity contribution >= 4 is 17.2 Å². The summed E-state index contributed by atoms with van der Waals surface area (Å²) in [5, 5.41) is 14.0. The molecule has 0 aliphatic rings. The number of aromatic nitrogens is 2. The molecular formula is C11H10N4S. The predicted molar refractivity (Wildman–Crippen MR) is 63.1 cm³/mol. The Morgan fingerprint density at radius 3 is 3.06 bits per heavy atom. The third-order valence-corrected chi connectivity index (χ3v) is 2.71. The minimum Gasteiger partial charge on any atom is -0.363 e. The summed E-state index contributed by atoms with van der Waals surface area (Å²) >= 11 is 1.55. The van der Waals surface area contributed by atoms with Crippen molar-refractivity contribution in [3.05, 3.63) is 40.0 Å². The first-order valence-electron chi connectivity index (χ1n) is 4.78. The number of nitriles is 1. The standard InChI is InChI=1S/C11H10N4S/c1-8-2-3-9(4-12)11(15-8)13-5-10-6-16-7-14-10/h2-3,6-7H,5H2,1H3,(H,13,15). The third kappa shape index (κ3) is 2.35. The molecule has 80 valence electrons. The van der Waals surface area contributed by atoms with Crippen molar-refractivity contribution < 1.29 is 0 Å². The molecule has 0 radical (unpaired) electrons. The second kappa shape index (κ2) is 4.73. The van der Waals surface area contributed by atoms with Gasteiger partial charge in [0.15, 0.2) is 0 Å². The van der Waals surface area contributed by atoms with Crippen LogP contribution in [0.1, 0.15) is 17.0 Å². The van der Waals surface area contributed by atoms with E-state index in [0.29, 0.717) is 17.9 Å². The zero-order valence-electron chi connectivity index (χ0n) is 8.77. The van der Waals surface area contributed by atoms with E-state index < -0.39 is 0 Å². The molecule has 16 heavy (non-hydrogen) atoms. The van der Waals surface area contributed by atoms with Crippen molar-refractivity contribution in [2.45, 2.75) is 13.5 Å². The van der Waals surface area contributed by atoms with Crippen LogP contribution >= 0.6 is 11.3 Å². The zero-order chi connectivity index (χ0) is 11.4. The van der Waals surface area contributed by atoms with Crippen LogP contribution in [0, 0.1) is 18.3 Å². The molecule has 0 aromatic carbocycles. The maximum Gasteiger partial charge on any atom is 0.144 e. The molecule has 0 unspecified atom stereocenters. The van der Waals surface area contributed by atoms with Gasteiger partial charge in [-0.25, -0.2) is 9.97 Å². The van der Waals surface area contributed by atoms with Gasteiger partial charge in [0.05, 0.1) is 23.3 Å². The Morgan fingerprint density at radius 2 is 2.38 bits per heavy atom. The fraction of sp³-hybridized carbons (Fsp3) is 0.182. The Labute approximate surface area is 97.6 Å². The highest BCUT2D eigenvalue weighted by Gasteiger charge is 2.04. The van der Waals surface area contributed by atoms with Crippen LogP contribution < -0.4 is 5.32 Å². The SMILES string of the molecule is Cc1ccc(C#N)c(NCc2cscn2)n1. The van der Waals surface area contributed by atoms with Crippen LogP contribution in [-0.4, -0.2) is 9.97 Å². The first-order valence-corrected chi connectivity index (χ1v) is 5.72. The molecule has 0 saturated carbocycles. The average Bonchev–Trinajstić information content (AvgIpc) is 2.79. The van der Waals surface area contributed by atoms with E-state index in [9.17, 15) is 0 Å². The summed E-state index contributed by atoms with van der Waals surface area (Å²) in [4.78, 5) is 8.44. The molecule has 2 heterocycles. The highest BCUT2D eigenvalue weighted by molar-refractivity contribution is 7.07. The number of thiazole rings is 1. The fourth-order valence-electron chi connectivity index (χ4n) is 1.28. The number of pyridine rings is 1. The molecule has 0 fully saturated rings. The lowest BCUT2D eigenvalue weighted by molar-refractivity contribution is 1.04. The molecule has 0 amide bonds. The number of nitrogens with zero attached hydrogens (tertiary/aromatic N) is 3. The number of anilines is 1. The summed E-state index contributed by atoms with van der Waals surface area (Å²) in [5.74, 6) is 0.621. The van der Waals surface area contributed by atoms with E-state index in [1.54, 1.807) is 22.9 Å². The predicted octanol–water partition coefficient (Wildman–Crippen LogP) is 2.33. The number of nitrogens with one attached hydrogen (secondary N) is 1. The summed E-state index contributed by atoms with van der Waals surface area (Å²) in [7, 11) is 0. The van der Waals surface area contributed by atoms with E-state index in [0.717, 1.165) is 11.4 Å². The Morgan fingerprint density at radius 1 is 1.50 bits per heavy atom. The Bertz CT molecular complexity index is 513. The molecular weight excluding hydrogens is 220 g/mol. The molecule has 0 spiro atoms. The van der Waals surface area contributed by atoms with Gasteiger partial charge in [-0.2, -0.15) is 5.26 Å². The van der Waals surface area contributed by atoms with E-state index in [1.807, 2.05) is 18.4 Å². The van der Waals surface area contributed by atoms with Gasteiger partial charge in [-0.15, -0.1) is 11.3 Å². The second-order valence-corrected chi connectivity index (χ2v) is 4.01. The molecule has 0 atom stereocenters. The summed E-state index contributed by atoms with van der Waals surface area (Å²) in [5.41, 5.74) is 4.18. The maximum atomic E-state index is 8.92. The van der Waals surface area contributed by atoms with Crippen molar-refractivity contribution in [2.75, 3.05) is 5.32 Å². The second-order valence-electron chi connectivity index (χ2n) is 3.29. The average molecular weight is 230 g/mol. The zero-order valence-corrected chi connectivity index (χ0v) is 9.58. The van der Waals surface area contributed by atoms with Crippen LogP contribution in [0.3, 0.4) is 0 Å². The Balaban J connectivity index is 2.15. The first kappa shape index (κ1) is 10.6. The van der Waals surface area contributed by atoms with E-state index in [4.69, 9.17) is 5.26 Å². The normalized spacial score (nSPS) is 9.75. The molecule has 4 nitrogen and oxygen atoms in total. The van der Waals surface area contributed by atoms with Crippen LogP contribution in [0.5, 0.6) is 0 Å². The monoisotopic (exact) mass is 230 g/mol. The number of hydrogen-bond acceptors (Lipinski definition) is 5. The van der Waals surface area contributed by atoms with Gasteiger partial charge in [0.25, 0.3) is 0 Å². The molecule has 0 saturated heterocycles. The Hall–Kier alpha value is -1.93. The van der Waals surface area contributed by atoms with Crippen LogP contribution in [0.4, 0.5) is 5.82 Å². The highest BCUT2D eigenvalue weighted by Crippen LogP contribution is 2.13. The minimum atomic E-state index is 0.556. The van der Waals surface area contributed by atoms with Crippen LogP contribution in [0.2, 0.25) is 0 Å². The van der Waals surface area contributed by atoms with Gasteiger partial charge in [-0.05, 0) is 19.1 Å². The van der Waals surface area contributed by atoms with Crippen molar-refractivity contribution in [1.82, 2.24) is 9.97 Å². The summed E-state index contributed by atoms with van der Waals surface area (Å²) < 4.78 is 0. The molecule has 0 aliphatic carbocycles. The van der Waals surface area contributed by atoms with Crippen molar-refractivity contribution in [3.63, 3.8) is 0 Å². The van der Waals surface area contributed by atoms with E-state index in [1.165, 1.54) is 0 Å². The van der Waals surface area contributed by atoms with Gasteiger partial charge in [0.2, 0.25) is 0 Å². The van der Waals surface area contributed by atoms with Gasteiger partial charge in [0.1, 0.15) is 11.9 Å². The van der Waals surface area contributed by atoms with Crippen LogP contribution in [0.15, 0.2) is 23.0 Å². The number of hydrogen-bond donors (Lipinski definition) is 1. The molecule has 5 heteroatoms. The van der Waals surface area contributed by atoms with Gasteiger partial charge in [0, 0.05) is 11.1 Å². The number of aryl methyl sites for hydroxylation is 1. The summed E-state index contributed by atoms with van der Waals surface area (Å²) in [6.45, 7) is 2.49. The molecule has 2 aromatic rings. The van der Waals surface area contributed by atoms with Crippen LogP contribution in [-0.2, 0) is 6.54 Å². The van der Waals surface area contributed by atoms with E-state index in [2.05, 4.69) is 21.4 Å². The Kier molecular flexibility index (Phi) is 3.13. The quantitative estimate of drug-likeness (QED) is 0.879. The summed E-state index contributed by atoms with van der Waals surface area (Å²) in [6.07, 6.45) is 0. The molecule has 0 aliphatic heterocycles. The van der Waals surface area contributed by atoms with Crippen LogP contribution in [0.25, 0.3) is 0 Å². The van der Waals surface area contributed by atoms with Crippen molar-refractivity contribution in [2.24, 2.45) is 0 Å². The topological polar surface area (TPSA) is 61.6 Å². The van der Waals surface area contributed by atoms with Crippen molar-refractivity contribution in [3.8, 4) is 6.07 Å². The van der Waals surface area contributed by atoms with E-state index in [-0.39, 0.29) is 0 Å². The van der Waals surface area contributed by atoms with Gasteiger partial charge in [-0.3, -0.25) is 0 Å². The lowest BCUT2D eigenvalue weighted by atomic mass is 10.2. The van der Waals surface area contributed by atoms with Gasteiger partial charge >= 0.3 is 0 Å². The third-order valence-electron chi connectivity index (χ3n) is 2.08. The lowest BCUT2D eigenvalue weighted by Crippen LogP contribution is -2.04. The minimum absolute atomic E-state index is 0.556.